The number of aryl methyl sites for hydroxylation is 1. The first-order valence-corrected chi connectivity index (χ1v) is 10.3. The lowest BCUT2D eigenvalue weighted by Gasteiger charge is -2.29. The average molecular weight is 444 g/mol. The SMILES string of the molecule is Cc1cc(-c2ccc(Cl)c(Cl)c2)ncn1.O=CNc1ccc(N2CCNCC2)cc1. The summed E-state index contributed by atoms with van der Waals surface area (Å²) >= 11 is 11.8. The molecule has 156 valence electrons. The first-order valence-electron chi connectivity index (χ1n) is 9.57. The number of carbonyl (C=O) groups is 1. The van der Waals surface area contributed by atoms with Gasteiger partial charge >= 0.3 is 0 Å². The lowest BCUT2D eigenvalue weighted by Crippen LogP contribution is -2.43. The van der Waals surface area contributed by atoms with Gasteiger partial charge in [-0.15, -0.1) is 0 Å². The molecule has 30 heavy (non-hydrogen) atoms. The zero-order valence-corrected chi connectivity index (χ0v) is 18.1. The third-order valence-corrected chi connectivity index (χ3v) is 5.33. The Morgan fingerprint density at radius 1 is 1.00 bits per heavy atom. The van der Waals surface area contributed by atoms with E-state index in [1.54, 1.807) is 12.1 Å². The Balaban J connectivity index is 0.000000171. The molecule has 3 aromatic rings. The molecule has 2 heterocycles. The molecule has 4 rings (SSSR count). The van der Waals surface area contributed by atoms with Crippen LogP contribution in [0.3, 0.4) is 0 Å². The van der Waals surface area contributed by atoms with E-state index >= 15 is 0 Å². The quantitative estimate of drug-likeness (QED) is 0.583. The van der Waals surface area contributed by atoms with E-state index in [0.717, 1.165) is 48.8 Å². The molecule has 1 saturated heterocycles. The molecule has 0 atom stereocenters. The lowest BCUT2D eigenvalue weighted by atomic mass is 10.1. The minimum Gasteiger partial charge on any atom is -0.369 e. The Morgan fingerprint density at radius 2 is 1.73 bits per heavy atom. The number of rotatable bonds is 4. The van der Waals surface area contributed by atoms with Crippen molar-refractivity contribution in [3.05, 3.63) is 70.6 Å². The summed E-state index contributed by atoms with van der Waals surface area (Å²) in [6.07, 6.45) is 2.23. The van der Waals surface area contributed by atoms with Gasteiger partial charge in [0.1, 0.15) is 6.33 Å². The molecule has 2 N–H and O–H groups in total. The van der Waals surface area contributed by atoms with Crippen LogP contribution in [0, 0.1) is 6.92 Å². The van der Waals surface area contributed by atoms with Crippen LogP contribution >= 0.6 is 23.2 Å². The second-order valence-corrected chi connectivity index (χ2v) is 7.53. The van der Waals surface area contributed by atoms with Crippen LogP contribution in [0.5, 0.6) is 0 Å². The second-order valence-electron chi connectivity index (χ2n) is 6.72. The van der Waals surface area contributed by atoms with Crippen molar-refractivity contribution in [1.82, 2.24) is 15.3 Å². The number of carbonyl (C=O) groups excluding carboxylic acids is 1. The zero-order valence-electron chi connectivity index (χ0n) is 16.6. The van der Waals surface area contributed by atoms with Crippen molar-refractivity contribution in [1.29, 1.82) is 0 Å². The number of nitrogens with zero attached hydrogens (tertiary/aromatic N) is 3. The van der Waals surface area contributed by atoms with E-state index < -0.39 is 0 Å². The minimum atomic E-state index is 0.533. The Labute approximate surface area is 186 Å². The first kappa shape index (κ1) is 22.0. The molecule has 1 amide bonds. The van der Waals surface area contributed by atoms with E-state index in [1.807, 2.05) is 43.3 Å². The monoisotopic (exact) mass is 443 g/mol. The summed E-state index contributed by atoms with van der Waals surface area (Å²) in [5, 5.41) is 7.02. The van der Waals surface area contributed by atoms with Gasteiger partial charge < -0.3 is 15.5 Å². The van der Waals surface area contributed by atoms with Crippen LogP contribution in [-0.2, 0) is 4.79 Å². The molecule has 2 aromatic carbocycles. The van der Waals surface area contributed by atoms with Crippen LogP contribution in [0.4, 0.5) is 11.4 Å². The van der Waals surface area contributed by atoms with E-state index in [9.17, 15) is 4.79 Å². The average Bonchev–Trinajstić information content (AvgIpc) is 2.77. The van der Waals surface area contributed by atoms with Gasteiger partial charge in [-0.25, -0.2) is 9.97 Å². The smallest absolute Gasteiger partial charge is 0.211 e. The van der Waals surface area contributed by atoms with Crippen LogP contribution < -0.4 is 15.5 Å². The first-order chi connectivity index (χ1) is 14.6. The Bertz CT molecular complexity index is 976. The normalized spacial score (nSPS) is 13.2. The van der Waals surface area contributed by atoms with Crippen LogP contribution in [-0.4, -0.2) is 42.6 Å². The summed E-state index contributed by atoms with van der Waals surface area (Å²) in [6.45, 7) is 6.08. The van der Waals surface area contributed by atoms with Gasteiger partial charge in [0.05, 0.1) is 15.7 Å². The molecule has 1 aliphatic heterocycles. The largest absolute Gasteiger partial charge is 0.369 e. The van der Waals surface area contributed by atoms with Crippen molar-refractivity contribution in [3.63, 3.8) is 0 Å². The maximum atomic E-state index is 10.2. The van der Waals surface area contributed by atoms with Gasteiger partial charge in [-0.3, -0.25) is 4.79 Å². The summed E-state index contributed by atoms with van der Waals surface area (Å²) in [7, 11) is 0. The number of anilines is 2. The molecule has 0 spiro atoms. The molecule has 1 fully saturated rings. The maximum Gasteiger partial charge on any atom is 0.211 e. The number of aromatic nitrogens is 2. The standard InChI is InChI=1S/C11H8Cl2N2.C11H15N3O/c1-7-4-11(15-6-14-7)8-2-3-9(12)10(13)5-8;15-9-13-10-1-3-11(4-2-10)14-7-5-12-6-8-14/h2-6H,1H3;1-4,9,12H,5-8H2,(H,13,15). The van der Waals surface area contributed by atoms with E-state index in [1.165, 1.54) is 12.0 Å². The number of halogens is 2. The van der Waals surface area contributed by atoms with Crippen LogP contribution in [0.1, 0.15) is 5.69 Å². The van der Waals surface area contributed by atoms with Gasteiger partial charge in [-0.1, -0.05) is 29.3 Å². The molecule has 0 unspecified atom stereocenters. The van der Waals surface area contributed by atoms with Gasteiger partial charge in [0.25, 0.3) is 0 Å². The highest BCUT2D eigenvalue weighted by Gasteiger charge is 2.09. The molecule has 6 nitrogen and oxygen atoms in total. The van der Waals surface area contributed by atoms with Gasteiger partial charge in [0.15, 0.2) is 0 Å². The van der Waals surface area contributed by atoms with Crippen molar-refractivity contribution in [2.45, 2.75) is 6.92 Å². The molecule has 0 aliphatic carbocycles. The third kappa shape index (κ3) is 6.16. The maximum absolute atomic E-state index is 10.2. The van der Waals surface area contributed by atoms with Gasteiger partial charge in [-0.2, -0.15) is 0 Å². The number of amides is 1. The molecule has 1 aromatic heterocycles. The number of nitrogens with one attached hydrogen (secondary N) is 2. The molecule has 0 bridgehead atoms. The minimum absolute atomic E-state index is 0.533. The molecular formula is C22H23Cl2N5O. The molecule has 0 radical (unpaired) electrons. The van der Waals surface area contributed by atoms with Crippen LogP contribution in [0.15, 0.2) is 54.9 Å². The second kappa shape index (κ2) is 10.9. The molecule has 1 aliphatic rings. The summed E-state index contributed by atoms with van der Waals surface area (Å²) in [5.41, 5.74) is 4.76. The highest BCUT2D eigenvalue weighted by molar-refractivity contribution is 6.42. The predicted octanol–water partition coefficient (Wildman–Crippen LogP) is 4.42. The van der Waals surface area contributed by atoms with Gasteiger partial charge in [0.2, 0.25) is 6.41 Å². The summed E-state index contributed by atoms with van der Waals surface area (Å²) in [6, 6.07) is 15.3. The van der Waals surface area contributed by atoms with Gasteiger partial charge in [0, 0.05) is 48.8 Å². The van der Waals surface area contributed by atoms with E-state index in [0.29, 0.717) is 16.5 Å². The fourth-order valence-electron chi connectivity index (χ4n) is 3.03. The molecule has 0 saturated carbocycles. The van der Waals surface area contributed by atoms with Crippen LogP contribution in [0.2, 0.25) is 10.0 Å². The highest BCUT2D eigenvalue weighted by atomic mass is 35.5. The number of hydrogen-bond acceptors (Lipinski definition) is 5. The van der Waals surface area contributed by atoms with Gasteiger partial charge in [-0.05, 0) is 49.4 Å². The van der Waals surface area contributed by atoms with Crippen molar-refractivity contribution in [2.24, 2.45) is 0 Å². The molecule has 8 heteroatoms. The van der Waals surface area contributed by atoms with Crippen LogP contribution in [0.25, 0.3) is 11.3 Å². The fourth-order valence-corrected chi connectivity index (χ4v) is 3.33. The number of benzene rings is 2. The van der Waals surface area contributed by atoms with E-state index in [4.69, 9.17) is 23.2 Å². The Kier molecular flexibility index (Phi) is 8.02. The summed E-state index contributed by atoms with van der Waals surface area (Å²) < 4.78 is 0. The Hall–Kier alpha value is -2.67. The topological polar surface area (TPSA) is 70.2 Å². The Morgan fingerprint density at radius 3 is 2.37 bits per heavy atom. The molecular weight excluding hydrogens is 421 g/mol. The summed E-state index contributed by atoms with van der Waals surface area (Å²) in [5.74, 6) is 0. The van der Waals surface area contributed by atoms with E-state index in [-0.39, 0.29) is 0 Å². The zero-order chi connectivity index (χ0) is 21.3. The van der Waals surface area contributed by atoms with Crippen molar-refractivity contribution in [2.75, 3.05) is 36.4 Å². The fraction of sp³-hybridized carbons (Fsp3) is 0.227. The van der Waals surface area contributed by atoms with Crippen molar-refractivity contribution < 1.29 is 4.79 Å². The third-order valence-electron chi connectivity index (χ3n) is 4.59. The van der Waals surface area contributed by atoms with Crippen molar-refractivity contribution >= 4 is 41.0 Å². The van der Waals surface area contributed by atoms with Crippen molar-refractivity contribution in [3.8, 4) is 11.3 Å². The highest BCUT2D eigenvalue weighted by Crippen LogP contribution is 2.27. The van der Waals surface area contributed by atoms with E-state index in [2.05, 4.69) is 25.5 Å². The predicted molar refractivity (Wildman–Crippen MR) is 123 cm³/mol. The summed E-state index contributed by atoms with van der Waals surface area (Å²) in [4.78, 5) is 20.8. The lowest BCUT2D eigenvalue weighted by molar-refractivity contribution is -0.105. The number of hydrogen-bond donors (Lipinski definition) is 2. The number of piperazine rings is 1.